The van der Waals surface area contributed by atoms with E-state index in [1.165, 1.54) is 15.4 Å². The van der Waals surface area contributed by atoms with Crippen molar-refractivity contribution >= 4 is 21.6 Å². The summed E-state index contributed by atoms with van der Waals surface area (Å²) >= 11 is 0. The van der Waals surface area contributed by atoms with Crippen LogP contribution in [0.25, 0.3) is 0 Å². The van der Waals surface area contributed by atoms with E-state index in [1.807, 2.05) is 25.1 Å². The number of amides is 1. The number of sulfonamides is 1. The Kier molecular flexibility index (Phi) is 7.63. The van der Waals surface area contributed by atoms with Gasteiger partial charge in [-0.1, -0.05) is 48.9 Å². The molecule has 28 heavy (non-hydrogen) atoms. The van der Waals surface area contributed by atoms with Crippen LogP contribution < -0.4 is 9.62 Å². The van der Waals surface area contributed by atoms with E-state index in [1.54, 1.807) is 19.1 Å². The van der Waals surface area contributed by atoms with Crippen LogP contribution in [0.1, 0.15) is 37.0 Å². The molecule has 0 heterocycles. The molecule has 0 aliphatic rings. The fourth-order valence-electron chi connectivity index (χ4n) is 3.21. The Hall–Kier alpha value is -2.34. The Labute approximate surface area is 168 Å². The fraction of sp³-hybridized carbons (Fsp3) is 0.409. The molecule has 2 rings (SSSR count). The number of aryl methyl sites for hydroxylation is 3. The van der Waals surface area contributed by atoms with Crippen molar-refractivity contribution in [2.45, 2.75) is 46.1 Å². The van der Waals surface area contributed by atoms with Crippen molar-refractivity contribution < 1.29 is 13.2 Å². The molecule has 152 valence electrons. The van der Waals surface area contributed by atoms with Gasteiger partial charge < -0.3 is 5.32 Å². The molecule has 0 saturated carbocycles. The van der Waals surface area contributed by atoms with Crippen LogP contribution in [0.2, 0.25) is 0 Å². The number of nitrogens with zero attached hydrogens (tertiary/aromatic N) is 1. The molecule has 0 fully saturated rings. The van der Waals surface area contributed by atoms with Gasteiger partial charge in [-0.05, 0) is 56.4 Å². The quantitative estimate of drug-likeness (QED) is 0.653. The van der Waals surface area contributed by atoms with Crippen LogP contribution in [0.3, 0.4) is 0 Å². The average molecular weight is 403 g/mol. The Morgan fingerprint density at radius 1 is 1.11 bits per heavy atom. The molecule has 2 aromatic rings. The highest BCUT2D eigenvalue weighted by atomic mass is 32.2. The maximum atomic E-state index is 12.6. The second-order valence-corrected chi connectivity index (χ2v) is 9.00. The SMILES string of the molecule is CCc1ccc(N(C(C)C(=O)NCCCc2cccc(C)c2)S(C)(=O)=O)cc1. The van der Waals surface area contributed by atoms with Crippen LogP contribution in [-0.4, -0.2) is 33.2 Å². The summed E-state index contributed by atoms with van der Waals surface area (Å²) in [4.78, 5) is 12.6. The standard InChI is InChI=1S/C22H30N2O3S/c1-5-19-11-13-21(14-12-19)24(28(4,26)27)18(3)22(25)23-15-7-10-20-9-6-8-17(2)16-20/h6,8-9,11-14,16,18H,5,7,10,15H2,1-4H3,(H,23,25). The summed E-state index contributed by atoms with van der Waals surface area (Å²) in [6.45, 7) is 6.21. The first-order chi connectivity index (χ1) is 13.2. The van der Waals surface area contributed by atoms with Gasteiger partial charge in [0.25, 0.3) is 0 Å². The van der Waals surface area contributed by atoms with Gasteiger partial charge in [-0.25, -0.2) is 8.42 Å². The molecule has 0 spiro atoms. The number of hydrogen-bond donors (Lipinski definition) is 1. The number of benzene rings is 2. The van der Waals surface area contributed by atoms with Gasteiger partial charge in [0.15, 0.2) is 0 Å². The molecule has 1 atom stereocenters. The smallest absolute Gasteiger partial charge is 0.243 e. The molecule has 1 amide bonds. The zero-order chi connectivity index (χ0) is 20.7. The summed E-state index contributed by atoms with van der Waals surface area (Å²) in [5, 5.41) is 2.87. The molecule has 0 bridgehead atoms. The third kappa shape index (κ3) is 6.09. The maximum Gasteiger partial charge on any atom is 0.243 e. The van der Waals surface area contributed by atoms with Crippen molar-refractivity contribution in [3.63, 3.8) is 0 Å². The number of rotatable bonds is 9. The molecule has 5 nitrogen and oxygen atoms in total. The summed E-state index contributed by atoms with van der Waals surface area (Å²) in [6, 6.07) is 14.8. The summed E-state index contributed by atoms with van der Waals surface area (Å²) in [7, 11) is -3.59. The van der Waals surface area contributed by atoms with Crippen LogP contribution in [-0.2, 0) is 27.7 Å². The Morgan fingerprint density at radius 2 is 1.79 bits per heavy atom. The van der Waals surface area contributed by atoms with Crippen molar-refractivity contribution in [2.75, 3.05) is 17.1 Å². The maximum absolute atomic E-state index is 12.6. The minimum atomic E-state index is -3.59. The van der Waals surface area contributed by atoms with Crippen LogP contribution in [0.4, 0.5) is 5.69 Å². The minimum Gasteiger partial charge on any atom is -0.354 e. The zero-order valence-electron chi connectivity index (χ0n) is 17.1. The van der Waals surface area contributed by atoms with E-state index in [9.17, 15) is 13.2 Å². The number of nitrogens with one attached hydrogen (secondary N) is 1. The first-order valence-electron chi connectivity index (χ1n) is 9.64. The topological polar surface area (TPSA) is 66.5 Å². The second kappa shape index (κ2) is 9.73. The molecule has 2 aromatic carbocycles. The second-order valence-electron chi connectivity index (χ2n) is 7.14. The third-order valence-corrected chi connectivity index (χ3v) is 5.95. The predicted molar refractivity (Wildman–Crippen MR) is 115 cm³/mol. The summed E-state index contributed by atoms with van der Waals surface area (Å²) in [6.07, 6.45) is 3.66. The van der Waals surface area contributed by atoms with Crippen molar-refractivity contribution in [1.29, 1.82) is 0 Å². The van der Waals surface area contributed by atoms with Crippen LogP contribution in [0, 0.1) is 6.92 Å². The van der Waals surface area contributed by atoms with E-state index in [-0.39, 0.29) is 5.91 Å². The number of carbonyl (C=O) groups excluding carboxylic acids is 1. The highest BCUT2D eigenvalue weighted by molar-refractivity contribution is 7.92. The van der Waals surface area contributed by atoms with Crippen molar-refractivity contribution in [3.8, 4) is 0 Å². The summed E-state index contributed by atoms with van der Waals surface area (Å²) in [5.41, 5.74) is 4.07. The summed E-state index contributed by atoms with van der Waals surface area (Å²) < 4.78 is 25.8. The Morgan fingerprint density at radius 3 is 2.36 bits per heavy atom. The van der Waals surface area contributed by atoms with Crippen LogP contribution >= 0.6 is 0 Å². The first kappa shape index (κ1) is 22.0. The van der Waals surface area contributed by atoms with Gasteiger partial charge >= 0.3 is 0 Å². The van der Waals surface area contributed by atoms with E-state index < -0.39 is 16.1 Å². The van der Waals surface area contributed by atoms with Gasteiger partial charge in [0.2, 0.25) is 15.9 Å². The van der Waals surface area contributed by atoms with Gasteiger partial charge in [-0.15, -0.1) is 0 Å². The molecule has 0 radical (unpaired) electrons. The minimum absolute atomic E-state index is 0.297. The van der Waals surface area contributed by atoms with Crippen LogP contribution in [0.15, 0.2) is 48.5 Å². The molecular weight excluding hydrogens is 372 g/mol. The van der Waals surface area contributed by atoms with Gasteiger partial charge in [0.05, 0.1) is 11.9 Å². The van der Waals surface area contributed by atoms with E-state index >= 15 is 0 Å². The zero-order valence-corrected chi connectivity index (χ0v) is 17.9. The van der Waals surface area contributed by atoms with Crippen molar-refractivity contribution in [1.82, 2.24) is 5.32 Å². The highest BCUT2D eigenvalue weighted by Crippen LogP contribution is 2.21. The number of anilines is 1. The van der Waals surface area contributed by atoms with Crippen molar-refractivity contribution in [3.05, 3.63) is 65.2 Å². The third-order valence-electron chi connectivity index (χ3n) is 4.71. The molecular formula is C22H30N2O3S. The van der Waals surface area contributed by atoms with E-state index in [0.29, 0.717) is 12.2 Å². The largest absolute Gasteiger partial charge is 0.354 e. The lowest BCUT2D eigenvalue weighted by Crippen LogP contribution is -2.48. The molecule has 0 aliphatic heterocycles. The normalized spacial score (nSPS) is 12.4. The highest BCUT2D eigenvalue weighted by Gasteiger charge is 2.28. The Bertz CT molecular complexity index is 892. The van der Waals surface area contributed by atoms with Gasteiger partial charge in [0.1, 0.15) is 6.04 Å². The summed E-state index contributed by atoms with van der Waals surface area (Å²) in [5.74, 6) is -0.297. The molecule has 0 aromatic heterocycles. The van der Waals surface area contributed by atoms with Gasteiger partial charge in [-0.3, -0.25) is 9.10 Å². The monoisotopic (exact) mass is 402 g/mol. The molecule has 6 heteroatoms. The van der Waals surface area contributed by atoms with Gasteiger partial charge in [0, 0.05) is 6.54 Å². The van der Waals surface area contributed by atoms with E-state index in [2.05, 4.69) is 30.4 Å². The predicted octanol–water partition coefficient (Wildman–Crippen LogP) is 3.46. The molecule has 0 saturated heterocycles. The Balaban J connectivity index is 1.99. The number of hydrogen-bond acceptors (Lipinski definition) is 3. The van der Waals surface area contributed by atoms with E-state index in [4.69, 9.17) is 0 Å². The van der Waals surface area contributed by atoms with Gasteiger partial charge in [-0.2, -0.15) is 0 Å². The lowest BCUT2D eigenvalue weighted by molar-refractivity contribution is -0.121. The van der Waals surface area contributed by atoms with Crippen molar-refractivity contribution in [2.24, 2.45) is 0 Å². The molecule has 1 N–H and O–H groups in total. The average Bonchev–Trinajstić information content (AvgIpc) is 2.64. The fourth-order valence-corrected chi connectivity index (χ4v) is 4.38. The van der Waals surface area contributed by atoms with Crippen LogP contribution in [0.5, 0.6) is 0 Å². The number of carbonyl (C=O) groups is 1. The lowest BCUT2D eigenvalue weighted by Gasteiger charge is -2.28. The first-order valence-corrected chi connectivity index (χ1v) is 11.5. The molecule has 1 unspecified atom stereocenters. The lowest BCUT2D eigenvalue weighted by atomic mass is 10.1. The molecule has 0 aliphatic carbocycles. The van der Waals surface area contributed by atoms with E-state index in [0.717, 1.165) is 31.1 Å².